The highest BCUT2D eigenvalue weighted by atomic mass is 16.5. The third kappa shape index (κ3) is 4.43. The van der Waals surface area contributed by atoms with Gasteiger partial charge in [-0.1, -0.05) is 0 Å². The van der Waals surface area contributed by atoms with E-state index in [1.807, 2.05) is 0 Å². The van der Waals surface area contributed by atoms with Crippen molar-refractivity contribution in [3.05, 3.63) is 23.8 Å². The zero-order chi connectivity index (χ0) is 15.1. The van der Waals surface area contributed by atoms with Gasteiger partial charge >= 0.3 is 12.0 Å². The van der Waals surface area contributed by atoms with Crippen LogP contribution in [0.5, 0.6) is 5.75 Å². The molecule has 7 heteroatoms. The van der Waals surface area contributed by atoms with Crippen LogP contribution in [0.4, 0.5) is 10.5 Å². The van der Waals surface area contributed by atoms with Gasteiger partial charge in [0.05, 0.1) is 0 Å². The minimum absolute atomic E-state index is 0.259. The summed E-state index contributed by atoms with van der Waals surface area (Å²) in [6.07, 6.45) is 0.705. The molecule has 0 fully saturated rings. The summed E-state index contributed by atoms with van der Waals surface area (Å²) in [5.41, 5.74) is 0.0497. The summed E-state index contributed by atoms with van der Waals surface area (Å²) in [6.45, 7) is 1.07. The standard InChI is InChI=1S/C13H18N2O5/c1-15(6-3-7-20-2)13(19)14-9-4-5-11(16)10(8-9)12(17)18/h4-5,8,16H,3,6-7H2,1-2H3,(H,14,19)(H,17,18). The molecule has 0 unspecified atom stereocenters. The van der Waals surface area contributed by atoms with E-state index in [9.17, 15) is 14.7 Å². The van der Waals surface area contributed by atoms with Gasteiger partial charge in [0.2, 0.25) is 0 Å². The summed E-state index contributed by atoms with van der Waals surface area (Å²) in [5, 5.41) is 20.8. The van der Waals surface area contributed by atoms with Gasteiger partial charge in [-0.25, -0.2) is 9.59 Å². The Balaban J connectivity index is 2.66. The molecule has 0 aliphatic rings. The Hall–Kier alpha value is -2.28. The van der Waals surface area contributed by atoms with Crippen molar-refractivity contribution in [2.24, 2.45) is 0 Å². The molecule has 0 aliphatic heterocycles. The highest BCUT2D eigenvalue weighted by Gasteiger charge is 2.13. The van der Waals surface area contributed by atoms with Crippen molar-refractivity contribution < 1.29 is 24.5 Å². The third-order valence-corrected chi connectivity index (χ3v) is 2.67. The van der Waals surface area contributed by atoms with Crippen LogP contribution in [-0.4, -0.2) is 54.4 Å². The van der Waals surface area contributed by atoms with Crippen LogP contribution in [0.2, 0.25) is 0 Å². The van der Waals surface area contributed by atoms with Crippen molar-refractivity contribution >= 4 is 17.7 Å². The lowest BCUT2D eigenvalue weighted by molar-refractivity contribution is 0.0693. The Morgan fingerprint density at radius 2 is 2.10 bits per heavy atom. The number of hydrogen-bond acceptors (Lipinski definition) is 4. The first-order chi connectivity index (χ1) is 9.45. The fourth-order valence-corrected chi connectivity index (χ4v) is 1.55. The van der Waals surface area contributed by atoms with E-state index in [1.54, 1.807) is 14.2 Å². The number of aromatic carboxylic acids is 1. The first-order valence-corrected chi connectivity index (χ1v) is 6.03. The Labute approximate surface area is 116 Å². The normalized spacial score (nSPS) is 10.1. The van der Waals surface area contributed by atoms with E-state index in [4.69, 9.17) is 9.84 Å². The minimum atomic E-state index is -1.26. The smallest absolute Gasteiger partial charge is 0.339 e. The number of rotatable bonds is 6. The minimum Gasteiger partial charge on any atom is -0.507 e. The fourth-order valence-electron chi connectivity index (χ4n) is 1.55. The predicted octanol–water partition coefficient (Wildman–Crippen LogP) is 1.59. The van der Waals surface area contributed by atoms with E-state index >= 15 is 0 Å². The number of benzene rings is 1. The second-order valence-corrected chi connectivity index (χ2v) is 4.24. The predicted molar refractivity (Wildman–Crippen MR) is 73.2 cm³/mol. The maximum atomic E-state index is 11.8. The van der Waals surface area contributed by atoms with Gasteiger partial charge in [-0.15, -0.1) is 0 Å². The molecular weight excluding hydrogens is 264 g/mol. The van der Waals surface area contributed by atoms with E-state index in [2.05, 4.69) is 5.32 Å². The van der Waals surface area contributed by atoms with E-state index in [1.165, 1.54) is 23.1 Å². The van der Waals surface area contributed by atoms with Crippen LogP contribution in [0.3, 0.4) is 0 Å². The monoisotopic (exact) mass is 282 g/mol. The summed E-state index contributed by atoms with van der Waals surface area (Å²) >= 11 is 0. The van der Waals surface area contributed by atoms with Crippen LogP contribution in [0, 0.1) is 0 Å². The molecule has 0 saturated heterocycles. The number of nitrogens with one attached hydrogen (secondary N) is 1. The van der Waals surface area contributed by atoms with E-state index < -0.39 is 5.97 Å². The first-order valence-electron chi connectivity index (χ1n) is 6.03. The second kappa shape index (κ2) is 7.34. The molecule has 0 radical (unpaired) electrons. The Morgan fingerprint density at radius 3 is 2.70 bits per heavy atom. The number of carbonyl (C=O) groups excluding carboxylic acids is 1. The van der Waals surface area contributed by atoms with Crippen LogP contribution in [-0.2, 0) is 4.74 Å². The zero-order valence-electron chi connectivity index (χ0n) is 11.4. The largest absolute Gasteiger partial charge is 0.507 e. The summed E-state index contributed by atoms with van der Waals surface area (Å²) < 4.78 is 4.89. The quantitative estimate of drug-likeness (QED) is 0.543. The number of carboxylic acids is 1. The average Bonchev–Trinajstić information content (AvgIpc) is 2.40. The van der Waals surface area contributed by atoms with Gasteiger partial charge in [0.1, 0.15) is 11.3 Å². The van der Waals surface area contributed by atoms with Gasteiger partial charge in [-0.2, -0.15) is 0 Å². The third-order valence-electron chi connectivity index (χ3n) is 2.67. The number of aromatic hydroxyl groups is 1. The van der Waals surface area contributed by atoms with Crippen molar-refractivity contribution in [2.45, 2.75) is 6.42 Å². The van der Waals surface area contributed by atoms with Crippen LogP contribution in [0.15, 0.2) is 18.2 Å². The van der Waals surface area contributed by atoms with Crippen molar-refractivity contribution in [1.29, 1.82) is 0 Å². The van der Waals surface area contributed by atoms with Crippen molar-refractivity contribution in [1.82, 2.24) is 4.90 Å². The maximum absolute atomic E-state index is 11.8. The number of phenols is 1. The SMILES string of the molecule is COCCCN(C)C(=O)Nc1ccc(O)c(C(=O)O)c1. The number of amides is 2. The molecule has 0 atom stereocenters. The molecular formula is C13H18N2O5. The molecule has 20 heavy (non-hydrogen) atoms. The Bertz CT molecular complexity index is 490. The highest BCUT2D eigenvalue weighted by molar-refractivity contribution is 5.95. The lowest BCUT2D eigenvalue weighted by Gasteiger charge is -2.18. The number of carboxylic acid groups (broad SMARTS) is 1. The lowest BCUT2D eigenvalue weighted by Crippen LogP contribution is -2.32. The van der Waals surface area contributed by atoms with Gasteiger partial charge in [0.15, 0.2) is 0 Å². The molecule has 7 nitrogen and oxygen atoms in total. The van der Waals surface area contributed by atoms with Crippen LogP contribution in [0.1, 0.15) is 16.8 Å². The van der Waals surface area contributed by atoms with Crippen LogP contribution in [0.25, 0.3) is 0 Å². The summed E-state index contributed by atoms with van der Waals surface area (Å²) in [6, 6.07) is 3.51. The number of anilines is 1. The summed E-state index contributed by atoms with van der Waals surface area (Å²) in [5.74, 6) is -1.60. The van der Waals surface area contributed by atoms with Gasteiger partial charge in [-0.3, -0.25) is 0 Å². The number of methoxy groups -OCH3 is 1. The first kappa shape index (κ1) is 15.8. The number of nitrogens with zero attached hydrogens (tertiary/aromatic N) is 1. The molecule has 0 saturated carbocycles. The van der Waals surface area contributed by atoms with Crippen molar-refractivity contribution in [3.8, 4) is 5.75 Å². The summed E-state index contributed by atoms with van der Waals surface area (Å²) in [4.78, 5) is 24.2. The number of hydrogen-bond donors (Lipinski definition) is 3. The van der Waals surface area contributed by atoms with Gasteiger partial charge in [-0.05, 0) is 24.6 Å². The van der Waals surface area contributed by atoms with Gasteiger partial charge in [0, 0.05) is 33.0 Å². The van der Waals surface area contributed by atoms with Crippen LogP contribution < -0.4 is 5.32 Å². The highest BCUT2D eigenvalue weighted by Crippen LogP contribution is 2.21. The van der Waals surface area contributed by atoms with E-state index in [0.717, 1.165) is 0 Å². The molecule has 1 aromatic rings. The molecule has 0 heterocycles. The van der Waals surface area contributed by atoms with Gasteiger partial charge in [0.25, 0.3) is 0 Å². The molecule has 110 valence electrons. The topological polar surface area (TPSA) is 99.1 Å². The average molecular weight is 282 g/mol. The molecule has 0 aromatic heterocycles. The molecule has 2 amide bonds. The maximum Gasteiger partial charge on any atom is 0.339 e. The van der Waals surface area contributed by atoms with Gasteiger partial charge < -0.3 is 25.2 Å². The van der Waals surface area contributed by atoms with Crippen LogP contribution >= 0.6 is 0 Å². The summed E-state index contributed by atoms with van der Waals surface area (Å²) in [7, 11) is 3.22. The fraction of sp³-hybridized carbons (Fsp3) is 0.385. The lowest BCUT2D eigenvalue weighted by atomic mass is 10.2. The Morgan fingerprint density at radius 1 is 1.40 bits per heavy atom. The molecule has 0 bridgehead atoms. The second-order valence-electron chi connectivity index (χ2n) is 4.24. The Kier molecular flexibility index (Phi) is 5.79. The molecule has 3 N–H and O–H groups in total. The number of ether oxygens (including phenoxy) is 1. The molecule has 0 spiro atoms. The molecule has 0 aliphatic carbocycles. The van der Waals surface area contributed by atoms with Crippen molar-refractivity contribution in [3.63, 3.8) is 0 Å². The van der Waals surface area contributed by atoms with E-state index in [0.29, 0.717) is 25.3 Å². The number of urea groups is 1. The zero-order valence-corrected chi connectivity index (χ0v) is 11.4. The molecule has 1 aromatic carbocycles. The number of carbonyl (C=O) groups is 2. The molecule has 1 rings (SSSR count). The van der Waals surface area contributed by atoms with Crippen molar-refractivity contribution in [2.75, 3.05) is 32.6 Å². The van der Waals surface area contributed by atoms with E-state index in [-0.39, 0.29) is 17.3 Å².